The lowest BCUT2D eigenvalue weighted by atomic mass is 10.1. The number of hydrogen-bond acceptors (Lipinski definition) is 6. The molecule has 2 aromatic carbocycles. The fourth-order valence-electron chi connectivity index (χ4n) is 3.60. The molecule has 35 heavy (non-hydrogen) atoms. The fourth-order valence-corrected chi connectivity index (χ4v) is 4.50. The average Bonchev–Trinajstić information content (AvgIpc) is 3.26. The number of carbonyl (C=O) groups is 2. The summed E-state index contributed by atoms with van der Waals surface area (Å²) >= 11 is 1.33. The predicted molar refractivity (Wildman–Crippen MR) is 140 cm³/mol. The van der Waals surface area contributed by atoms with Crippen LogP contribution in [-0.4, -0.2) is 57.9 Å². The highest BCUT2D eigenvalue weighted by molar-refractivity contribution is 7.99. The van der Waals surface area contributed by atoms with Crippen molar-refractivity contribution in [2.75, 3.05) is 31.8 Å². The maximum Gasteiger partial charge on any atom is 0.243 e. The van der Waals surface area contributed by atoms with Crippen LogP contribution in [0.3, 0.4) is 0 Å². The van der Waals surface area contributed by atoms with Crippen LogP contribution < -0.4 is 10.1 Å². The number of hydrogen-bond donors (Lipinski definition) is 1. The Balaban J connectivity index is 1.63. The van der Waals surface area contributed by atoms with E-state index in [1.54, 1.807) is 14.2 Å². The number of nitrogens with one attached hydrogen (secondary N) is 1. The first-order valence-electron chi connectivity index (χ1n) is 11.6. The topological polar surface area (TPSA) is 89.4 Å². The van der Waals surface area contributed by atoms with Crippen LogP contribution in [0.2, 0.25) is 0 Å². The lowest BCUT2D eigenvalue weighted by Gasteiger charge is -2.18. The molecule has 0 unspecified atom stereocenters. The number of unbranched alkanes of at least 4 members (excludes halogenated alkanes) is 1. The van der Waals surface area contributed by atoms with Crippen LogP contribution >= 0.6 is 11.8 Å². The number of likely N-dealkylation sites (N-methyl/N-ethyl adjacent to an activating group) is 1. The molecular formula is C26H33N5O3S. The van der Waals surface area contributed by atoms with E-state index in [0.717, 1.165) is 53.3 Å². The van der Waals surface area contributed by atoms with Crippen molar-refractivity contribution >= 4 is 29.3 Å². The number of para-hydroxylation sites is 1. The van der Waals surface area contributed by atoms with Crippen LogP contribution in [-0.2, 0) is 16.1 Å². The van der Waals surface area contributed by atoms with Crippen LogP contribution in [0.25, 0.3) is 11.4 Å². The van der Waals surface area contributed by atoms with Gasteiger partial charge >= 0.3 is 0 Å². The monoisotopic (exact) mass is 495 g/mol. The van der Waals surface area contributed by atoms with E-state index >= 15 is 0 Å². The Morgan fingerprint density at radius 3 is 2.40 bits per heavy atom. The molecule has 186 valence electrons. The van der Waals surface area contributed by atoms with Crippen molar-refractivity contribution in [2.45, 2.75) is 45.3 Å². The summed E-state index contributed by atoms with van der Waals surface area (Å²) in [6.45, 7) is 6.76. The molecule has 1 N–H and O–H groups in total. The van der Waals surface area contributed by atoms with Crippen molar-refractivity contribution in [3.8, 4) is 17.1 Å². The lowest BCUT2D eigenvalue weighted by Crippen LogP contribution is -2.36. The van der Waals surface area contributed by atoms with Crippen LogP contribution in [0, 0.1) is 13.8 Å². The number of methoxy groups -OCH3 is 1. The Bertz CT molecular complexity index is 1140. The van der Waals surface area contributed by atoms with Crippen molar-refractivity contribution in [1.29, 1.82) is 0 Å². The van der Waals surface area contributed by atoms with E-state index in [2.05, 4.69) is 27.0 Å². The maximum absolute atomic E-state index is 12.8. The quantitative estimate of drug-likeness (QED) is 0.392. The molecule has 2 amide bonds. The fraction of sp³-hybridized carbons (Fsp3) is 0.385. The highest BCUT2D eigenvalue weighted by Crippen LogP contribution is 2.26. The number of aromatic nitrogens is 3. The number of benzene rings is 2. The summed E-state index contributed by atoms with van der Waals surface area (Å²) in [7, 11) is 3.27. The van der Waals surface area contributed by atoms with Gasteiger partial charge in [-0.1, -0.05) is 43.3 Å². The summed E-state index contributed by atoms with van der Waals surface area (Å²) in [5.74, 6) is 1.33. The second-order valence-electron chi connectivity index (χ2n) is 8.39. The van der Waals surface area contributed by atoms with Gasteiger partial charge in [-0.25, -0.2) is 0 Å². The first kappa shape index (κ1) is 26.3. The SMILES string of the molecule is CCCCn1c(SCC(=O)N(C)CC(=O)Nc2c(C)cccc2C)nnc1-c1ccc(OC)cc1. The van der Waals surface area contributed by atoms with Gasteiger partial charge in [0.15, 0.2) is 11.0 Å². The summed E-state index contributed by atoms with van der Waals surface area (Å²) < 4.78 is 7.30. The molecule has 0 saturated heterocycles. The first-order chi connectivity index (χ1) is 16.8. The molecule has 8 nitrogen and oxygen atoms in total. The molecule has 0 fully saturated rings. The number of nitrogens with zero attached hydrogens (tertiary/aromatic N) is 4. The number of thioether (sulfide) groups is 1. The second kappa shape index (κ2) is 12.4. The van der Waals surface area contributed by atoms with E-state index < -0.39 is 0 Å². The highest BCUT2D eigenvalue weighted by atomic mass is 32.2. The smallest absolute Gasteiger partial charge is 0.243 e. The van der Waals surface area contributed by atoms with E-state index in [0.29, 0.717) is 5.16 Å². The number of ether oxygens (including phenoxy) is 1. The summed E-state index contributed by atoms with van der Waals surface area (Å²) in [6, 6.07) is 13.5. The molecule has 0 radical (unpaired) electrons. The van der Waals surface area contributed by atoms with E-state index in [1.807, 2.05) is 56.3 Å². The van der Waals surface area contributed by atoms with E-state index in [1.165, 1.54) is 16.7 Å². The summed E-state index contributed by atoms with van der Waals surface area (Å²) in [4.78, 5) is 26.7. The van der Waals surface area contributed by atoms with Gasteiger partial charge in [0.1, 0.15) is 5.75 Å². The van der Waals surface area contributed by atoms with Crippen molar-refractivity contribution < 1.29 is 14.3 Å². The van der Waals surface area contributed by atoms with Gasteiger partial charge in [0.05, 0.1) is 19.4 Å². The third-order valence-electron chi connectivity index (χ3n) is 5.68. The Morgan fingerprint density at radius 1 is 1.09 bits per heavy atom. The van der Waals surface area contributed by atoms with Gasteiger partial charge in [0.2, 0.25) is 11.8 Å². The molecule has 0 aliphatic carbocycles. The molecule has 3 rings (SSSR count). The van der Waals surface area contributed by atoms with Gasteiger partial charge in [-0.15, -0.1) is 10.2 Å². The Labute approximate surface area is 211 Å². The van der Waals surface area contributed by atoms with Gasteiger partial charge in [-0.3, -0.25) is 9.59 Å². The Hall–Kier alpha value is -3.33. The average molecular weight is 496 g/mol. The summed E-state index contributed by atoms with van der Waals surface area (Å²) in [5.41, 5.74) is 3.71. The minimum Gasteiger partial charge on any atom is -0.497 e. The van der Waals surface area contributed by atoms with E-state index in [-0.39, 0.29) is 24.1 Å². The lowest BCUT2D eigenvalue weighted by molar-refractivity contribution is -0.131. The second-order valence-corrected chi connectivity index (χ2v) is 9.34. The van der Waals surface area contributed by atoms with Crippen molar-refractivity contribution in [1.82, 2.24) is 19.7 Å². The standard InChI is InChI=1S/C26H33N5O3S/c1-6-7-15-31-25(20-11-13-21(34-5)14-12-20)28-29-26(31)35-17-23(33)30(4)16-22(32)27-24-18(2)9-8-10-19(24)3/h8-14H,6-7,15-17H2,1-5H3,(H,27,32). The molecule has 0 spiro atoms. The molecule has 0 aliphatic rings. The molecule has 1 aromatic heterocycles. The highest BCUT2D eigenvalue weighted by Gasteiger charge is 2.19. The largest absolute Gasteiger partial charge is 0.497 e. The van der Waals surface area contributed by atoms with Crippen molar-refractivity contribution in [3.05, 3.63) is 53.6 Å². The van der Waals surface area contributed by atoms with Crippen LogP contribution in [0.1, 0.15) is 30.9 Å². The van der Waals surface area contributed by atoms with E-state index in [4.69, 9.17) is 4.74 Å². The third kappa shape index (κ3) is 6.85. The van der Waals surface area contributed by atoms with Crippen LogP contribution in [0.15, 0.2) is 47.6 Å². The molecule has 0 saturated carbocycles. The Kier molecular flexibility index (Phi) is 9.31. The molecule has 0 atom stereocenters. The van der Waals surface area contributed by atoms with Gasteiger partial charge < -0.3 is 19.5 Å². The number of anilines is 1. The van der Waals surface area contributed by atoms with Crippen molar-refractivity contribution in [3.63, 3.8) is 0 Å². The zero-order valence-electron chi connectivity index (χ0n) is 21.0. The number of amides is 2. The third-order valence-corrected chi connectivity index (χ3v) is 6.63. The minimum absolute atomic E-state index is 0.0210. The van der Waals surface area contributed by atoms with Gasteiger partial charge in [-0.05, 0) is 55.7 Å². The van der Waals surface area contributed by atoms with Gasteiger partial charge in [0.25, 0.3) is 0 Å². The zero-order chi connectivity index (χ0) is 25.4. The molecule has 9 heteroatoms. The Morgan fingerprint density at radius 2 is 1.77 bits per heavy atom. The van der Waals surface area contributed by atoms with Gasteiger partial charge in [-0.2, -0.15) is 0 Å². The number of aryl methyl sites for hydroxylation is 2. The number of carbonyl (C=O) groups excluding carboxylic acids is 2. The first-order valence-corrected chi connectivity index (χ1v) is 12.6. The summed E-state index contributed by atoms with van der Waals surface area (Å²) in [5, 5.41) is 12.4. The zero-order valence-corrected chi connectivity index (χ0v) is 21.8. The molecule has 0 aliphatic heterocycles. The minimum atomic E-state index is -0.226. The molecule has 3 aromatic rings. The van der Waals surface area contributed by atoms with Crippen molar-refractivity contribution in [2.24, 2.45) is 0 Å². The number of rotatable bonds is 11. The molecular weight excluding hydrogens is 462 g/mol. The molecule has 1 heterocycles. The maximum atomic E-state index is 12.8. The van der Waals surface area contributed by atoms with Crippen LogP contribution in [0.5, 0.6) is 5.75 Å². The van der Waals surface area contributed by atoms with Gasteiger partial charge in [0, 0.05) is 24.8 Å². The molecule has 0 bridgehead atoms. The van der Waals surface area contributed by atoms with E-state index in [9.17, 15) is 9.59 Å². The summed E-state index contributed by atoms with van der Waals surface area (Å²) in [6.07, 6.45) is 2.00. The predicted octanol–water partition coefficient (Wildman–Crippen LogP) is 4.56. The van der Waals surface area contributed by atoms with Crippen LogP contribution in [0.4, 0.5) is 5.69 Å². The normalized spacial score (nSPS) is 10.8.